The standard InChI is InChI=1S/C12H15F4NO/c1-8(2)18-6-5-17-11-7-9(12(14,15)16)3-4-10(11)13/h3-4,7-8,17H,5-6H2,1-2H3. The van der Waals surface area contributed by atoms with Gasteiger partial charge in [-0.25, -0.2) is 4.39 Å². The Morgan fingerprint density at radius 1 is 1.28 bits per heavy atom. The molecule has 0 radical (unpaired) electrons. The molecule has 0 aliphatic heterocycles. The molecule has 18 heavy (non-hydrogen) atoms. The third kappa shape index (κ3) is 4.52. The van der Waals surface area contributed by atoms with Gasteiger partial charge in [0.2, 0.25) is 0 Å². The highest BCUT2D eigenvalue weighted by Crippen LogP contribution is 2.31. The van der Waals surface area contributed by atoms with E-state index in [-0.39, 0.29) is 18.3 Å². The van der Waals surface area contributed by atoms with Gasteiger partial charge in [0.1, 0.15) is 5.82 Å². The molecular formula is C12H15F4NO. The monoisotopic (exact) mass is 265 g/mol. The van der Waals surface area contributed by atoms with Gasteiger partial charge < -0.3 is 10.1 Å². The van der Waals surface area contributed by atoms with Gasteiger partial charge in [-0.1, -0.05) is 0 Å². The molecule has 1 aromatic carbocycles. The van der Waals surface area contributed by atoms with Crippen LogP contribution < -0.4 is 5.32 Å². The molecule has 0 heterocycles. The summed E-state index contributed by atoms with van der Waals surface area (Å²) in [4.78, 5) is 0. The highest BCUT2D eigenvalue weighted by atomic mass is 19.4. The van der Waals surface area contributed by atoms with Gasteiger partial charge in [-0.3, -0.25) is 0 Å². The molecule has 0 spiro atoms. The maximum absolute atomic E-state index is 13.3. The van der Waals surface area contributed by atoms with Gasteiger partial charge in [-0.15, -0.1) is 0 Å². The quantitative estimate of drug-likeness (QED) is 0.647. The summed E-state index contributed by atoms with van der Waals surface area (Å²) in [7, 11) is 0. The zero-order valence-electron chi connectivity index (χ0n) is 10.1. The van der Waals surface area contributed by atoms with Crippen molar-refractivity contribution in [1.29, 1.82) is 0 Å². The smallest absolute Gasteiger partial charge is 0.380 e. The van der Waals surface area contributed by atoms with Crippen LogP contribution in [0.25, 0.3) is 0 Å². The van der Waals surface area contributed by atoms with Crippen molar-refractivity contribution in [2.45, 2.75) is 26.1 Å². The number of rotatable bonds is 5. The number of halogens is 4. The summed E-state index contributed by atoms with van der Waals surface area (Å²) in [5.41, 5.74) is -1.05. The molecule has 102 valence electrons. The van der Waals surface area contributed by atoms with Crippen molar-refractivity contribution in [2.24, 2.45) is 0 Å². The van der Waals surface area contributed by atoms with E-state index in [0.29, 0.717) is 12.7 Å². The minimum Gasteiger partial charge on any atom is -0.380 e. The van der Waals surface area contributed by atoms with Crippen molar-refractivity contribution >= 4 is 5.69 Å². The lowest BCUT2D eigenvalue weighted by Gasteiger charge is -2.12. The van der Waals surface area contributed by atoms with Gasteiger partial charge in [-0.05, 0) is 32.0 Å². The first-order valence-electron chi connectivity index (χ1n) is 5.53. The first-order chi connectivity index (χ1) is 8.30. The SMILES string of the molecule is CC(C)OCCNc1cc(C(F)(F)F)ccc1F. The summed E-state index contributed by atoms with van der Waals surface area (Å²) >= 11 is 0. The first kappa shape index (κ1) is 14.8. The molecule has 2 nitrogen and oxygen atoms in total. The van der Waals surface area contributed by atoms with E-state index in [1.54, 1.807) is 0 Å². The Labute approximate surface area is 103 Å². The lowest BCUT2D eigenvalue weighted by molar-refractivity contribution is -0.137. The summed E-state index contributed by atoms with van der Waals surface area (Å²) < 4.78 is 55.7. The summed E-state index contributed by atoms with van der Waals surface area (Å²) in [5, 5.41) is 2.58. The average molecular weight is 265 g/mol. The van der Waals surface area contributed by atoms with Crippen LogP contribution in [0, 0.1) is 5.82 Å². The maximum atomic E-state index is 13.3. The molecule has 0 saturated heterocycles. The van der Waals surface area contributed by atoms with Gasteiger partial charge in [0, 0.05) is 6.54 Å². The third-order valence-electron chi connectivity index (χ3n) is 2.16. The Bertz CT molecular complexity index is 390. The van der Waals surface area contributed by atoms with Gasteiger partial charge in [-0.2, -0.15) is 13.2 Å². The van der Waals surface area contributed by atoms with E-state index in [9.17, 15) is 17.6 Å². The van der Waals surface area contributed by atoms with Crippen molar-refractivity contribution in [2.75, 3.05) is 18.5 Å². The van der Waals surface area contributed by atoms with Crippen LogP contribution in [0.2, 0.25) is 0 Å². The number of alkyl halides is 3. The van der Waals surface area contributed by atoms with Crippen LogP contribution in [0.15, 0.2) is 18.2 Å². The van der Waals surface area contributed by atoms with Crippen molar-refractivity contribution < 1.29 is 22.3 Å². The zero-order valence-corrected chi connectivity index (χ0v) is 10.1. The van der Waals surface area contributed by atoms with Gasteiger partial charge >= 0.3 is 6.18 Å². The Morgan fingerprint density at radius 3 is 2.50 bits per heavy atom. The molecule has 0 atom stereocenters. The van der Waals surface area contributed by atoms with Crippen LogP contribution in [0.5, 0.6) is 0 Å². The summed E-state index contributed by atoms with van der Waals surface area (Å²) in [5.74, 6) is -0.715. The molecule has 0 fully saturated rings. The number of anilines is 1. The normalized spacial score (nSPS) is 11.9. The predicted molar refractivity (Wildman–Crippen MR) is 61.0 cm³/mol. The van der Waals surface area contributed by atoms with Crippen molar-refractivity contribution in [3.8, 4) is 0 Å². The van der Waals surface area contributed by atoms with E-state index in [4.69, 9.17) is 4.74 Å². The van der Waals surface area contributed by atoms with Crippen molar-refractivity contribution in [1.82, 2.24) is 0 Å². The van der Waals surface area contributed by atoms with Crippen LogP contribution >= 0.6 is 0 Å². The fourth-order valence-corrected chi connectivity index (χ4v) is 1.32. The van der Waals surface area contributed by atoms with Gasteiger partial charge in [0.05, 0.1) is 24.0 Å². The van der Waals surface area contributed by atoms with Crippen molar-refractivity contribution in [3.05, 3.63) is 29.6 Å². The Hall–Kier alpha value is -1.30. The fourth-order valence-electron chi connectivity index (χ4n) is 1.32. The Balaban J connectivity index is 2.64. The third-order valence-corrected chi connectivity index (χ3v) is 2.16. The molecule has 0 saturated carbocycles. The van der Waals surface area contributed by atoms with Crippen LogP contribution in [-0.4, -0.2) is 19.3 Å². The van der Waals surface area contributed by atoms with E-state index in [1.807, 2.05) is 13.8 Å². The highest BCUT2D eigenvalue weighted by molar-refractivity contribution is 5.48. The molecule has 0 aliphatic rings. The van der Waals surface area contributed by atoms with E-state index < -0.39 is 17.6 Å². The van der Waals surface area contributed by atoms with Crippen LogP contribution in [0.1, 0.15) is 19.4 Å². The van der Waals surface area contributed by atoms with E-state index in [0.717, 1.165) is 12.1 Å². The molecule has 0 unspecified atom stereocenters. The lowest BCUT2D eigenvalue weighted by Crippen LogP contribution is -2.14. The van der Waals surface area contributed by atoms with Crippen molar-refractivity contribution in [3.63, 3.8) is 0 Å². The van der Waals surface area contributed by atoms with Gasteiger partial charge in [0.25, 0.3) is 0 Å². The number of hydrogen-bond donors (Lipinski definition) is 1. The number of benzene rings is 1. The predicted octanol–water partition coefficient (Wildman–Crippen LogP) is 3.68. The second-order valence-corrected chi connectivity index (χ2v) is 4.04. The first-order valence-corrected chi connectivity index (χ1v) is 5.53. The molecule has 0 aliphatic carbocycles. The highest BCUT2D eigenvalue weighted by Gasteiger charge is 2.31. The van der Waals surface area contributed by atoms with E-state index in [1.165, 1.54) is 0 Å². The molecular weight excluding hydrogens is 250 g/mol. The molecule has 0 aromatic heterocycles. The topological polar surface area (TPSA) is 21.3 Å². The molecule has 0 bridgehead atoms. The summed E-state index contributed by atoms with van der Waals surface area (Å²) in [6.45, 7) is 4.22. The minimum atomic E-state index is -4.47. The Morgan fingerprint density at radius 2 is 1.94 bits per heavy atom. The van der Waals surface area contributed by atoms with E-state index in [2.05, 4.69) is 5.32 Å². The van der Waals surface area contributed by atoms with Crippen LogP contribution in [-0.2, 0) is 10.9 Å². The largest absolute Gasteiger partial charge is 0.416 e. The molecule has 1 N–H and O–H groups in total. The van der Waals surface area contributed by atoms with E-state index >= 15 is 0 Å². The van der Waals surface area contributed by atoms with Crippen LogP contribution in [0.3, 0.4) is 0 Å². The second-order valence-electron chi connectivity index (χ2n) is 4.04. The molecule has 6 heteroatoms. The summed E-state index contributed by atoms with van der Waals surface area (Å²) in [6.07, 6.45) is -4.45. The second kappa shape index (κ2) is 6.04. The molecule has 1 aromatic rings. The number of nitrogens with one attached hydrogen (secondary N) is 1. The average Bonchev–Trinajstić information content (AvgIpc) is 2.24. The fraction of sp³-hybridized carbons (Fsp3) is 0.500. The molecule has 0 amide bonds. The van der Waals surface area contributed by atoms with Crippen LogP contribution in [0.4, 0.5) is 23.2 Å². The zero-order chi connectivity index (χ0) is 13.8. The Kier molecular flexibility index (Phi) is 4.95. The lowest BCUT2D eigenvalue weighted by atomic mass is 10.2. The summed E-state index contributed by atoms with van der Waals surface area (Å²) in [6, 6.07) is 2.27. The van der Waals surface area contributed by atoms with Gasteiger partial charge in [0.15, 0.2) is 0 Å². The minimum absolute atomic E-state index is 0.0261. The molecule has 1 rings (SSSR count). The number of ether oxygens (including phenoxy) is 1. The maximum Gasteiger partial charge on any atom is 0.416 e. The number of hydrogen-bond acceptors (Lipinski definition) is 2.